The monoisotopic (exact) mass is 419 g/mol. The highest BCUT2D eigenvalue weighted by molar-refractivity contribution is 7.10. The van der Waals surface area contributed by atoms with E-state index in [0.29, 0.717) is 33.0 Å². The maximum absolute atomic E-state index is 14.1. The Morgan fingerprint density at radius 2 is 2.04 bits per heavy atom. The standard InChI is InChI=1S/C20H12ClF2NO3S/c1-10-7-27-19-13(6-14(22)18(23)17(10)19)11-2-4-12(5-3-11)26-8-16-24-15(9-28-16)20(21)25/h2-7,9H,8H2,1H3. The summed E-state index contributed by atoms with van der Waals surface area (Å²) in [6, 6.07) is 8.00. The molecule has 0 aliphatic rings. The zero-order valence-corrected chi connectivity index (χ0v) is 16.0. The Balaban J connectivity index is 1.57. The number of thiazole rings is 1. The summed E-state index contributed by atoms with van der Waals surface area (Å²) < 4.78 is 39.2. The van der Waals surface area contributed by atoms with Gasteiger partial charge in [0.1, 0.15) is 28.6 Å². The molecule has 0 unspecified atom stereocenters. The number of aryl methyl sites for hydroxylation is 1. The molecule has 0 N–H and O–H groups in total. The third-order valence-electron chi connectivity index (χ3n) is 4.20. The van der Waals surface area contributed by atoms with E-state index < -0.39 is 16.9 Å². The highest BCUT2D eigenvalue weighted by Crippen LogP contribution is 2.35. The maximum Gasteiger partial charge on any atom is 0.271 e. The van der Waals surface area contributed by atoms with Crippen LogP contribution in [-0.2, 0) is 6.61 Å². The van der Waals surface area contributed by atoms with E-state index in [9.17, 15) is 13.6 Å². The molecule has 0 atom stereocenters. The minimum absolute atomic E-state index is 0.142. The van der Waals surface area contributed by atoms with E-state index in [2.05, 4.69) is 4.98 Å². The van der Waals surface area contributed by atoms with Crippen LogP contribution in [-0.4, -0.2) is 10.2 Å². The van der Waals surface area contributed by atoms with Gasteiger partial charge in [-0.25, -0.2) is 13.8 Å². The number of carbonyl (C=O) groups excluding carboxylic acids is 1. The second-order valence-electron chi connectivity index (χ2n) is 6.06. The second-order valence-corrected chi connectivity index (χ2v) is 7.34. The quantitative estimate of drug-likeness (QED) is 0.367. The summed E-state index contributed by atoms with van der Waals surface area (Å²) in [7, 11) is 0. The first kappa shape index (κ1) is 18.6. The molecule has 0 bridgehead atoms. The summed E-state index contributed by atoms with van der Waals surface area (Å²) in [5, 5.41) is 1.71. The number of fused-ring (bicyclic) bond motifs is 1. The molecule has 2 aromatic heterocycles. The predicted molar refractivity (Wildman–Crippen MR) is 103 cm³/mol. The largest absolute Gasteiger partial charge is 0.486 e. The summed E-state index contributed by atoms with van der Waals surface area (Å²) in [5.74, 6) is -1.28. The number of hydrogen-bond donors (Lipinski definition) is 0. The van der Waals surface area contributed by atoms with Gasteiger partial charge in [0, 0.05) is 10.9 Å². The normalized spacial score (nSPS) is 11.1. The fourth-order valence-electron chi connectivity index (χ4n) is 2.85. The number of aromatic nitrogens is 1. The summed E-state index contributed by atoms with van der Waals surface area (Å²) in [6.07, 6.45) is 1.40. The topological polar surface area (TPSA) is 52.3 Å². The van der Waals surface area contributed by atoms with Crippen molar-refractivity contribution in [3.05, 3.63) is 69.9 Å². The van der Waals surface area contributed by atoms with Crippen LogP contribution in [0.15, 0.2) is 46.4 Å². The molecule has 0 saturated heterocycles. The molecular weight excluding hydrogens is 408 g/mol. The van der Waals surface area contributed by atoms with Gasteiger partial charge in [0.25, 0.3) is 5.24 Å². The molecule has 2 heterocycles. The van der Waals surface area contributed by atoms with Gasteiger partial charge in [0.05, 0.1) is 11.6 Å². The number of carbonyl (C=O) groups is 1. The second kappa shape index (κ2) is 7.33. The molecule has 0 aliphatic heterocycles. The van der Waals surface area contributed by atoms with E-state index in [1.165, 1.54) is 17.6 Å². The Morgan fingerprint density at radius 3 is 2.71 bits per heavy atom. The first-order valence-corrected chi connectivity index (χ1v) is 9.43. The number of hydrogen-bond acceptors (Lipinski definition) is 5. The Labute approximate surface area is 167 Å². The summed E-state index contributed by atoms with van der Waals surface area (Å²) in [6.45, 7) is 1.85. The molecule has 4 rings (SSSR count). The lowest BCUT2D eigenvalue weighted by atomic mass is 10.0. The third kappa shape index (κ3) is 3.39. The maximum atomic E-state index is 14.1. The molecule has 4 nitrogen and oxygen atoms in total. The van der Waals surface area contributed by atoms with Gasteiger partial charge in [-0.3, -0.25) is 4.79 Å². The van der Waals surface area contributed by atoms with Crippen molar-refractivity contribution in [3.8, 4) is 16.9 Å². The van der Waals surface area contributed by atoms with Crippen molar-refractivity contribution < 1.29 is 22.7 Å². The van der Waals surface area contributed by atoms with Gasteiger partial charge in [0.15, 0.2) is 11.6 Å². The van der Waals surface area contributed by atoms with Crippen molar-refractivity contribution in [1.29, 1.82) is 0 Å². The Bertz CT molecular complexity index is 1180. The lowest BCUT2D eigenvalue weighted by Crippen LogP contribution is -1.96. The predicted octanol–water partition coefficient (Wildman–Crippen LogP) is 6.10. The number of ether oxygens (including phenoxy) is 1. The van der Waals surface area contributed by atoms with Crippen LogP contribution in [0, 0.1) is 18.6 Å². The van der Waals surface area contributed by atoms with Crippen molar-refractivity contribution in [1.82, 2.24) is 4.98 Å². The van der Waals surface area contributed by atoms with Crippen LogP contribution in [0.5, 0.6) is 5.75 Å². The number of furan rings is 1. The van der Waals surface area contributed by atoms with Gasteiger partial charge in [-0.1, -0.05) is 12.1 Å². The van der Waals surface area contributed by atoms with Crippen LogP contribution in [0.25, 0.3) is 22.1 Å². The molecule has 0 fully saturated rings. The Hall–Kier alpha value is -2.77. The minimum atomic E-state index is -0.930. The van der Waals surface area contributed by atoms with Crippen LogP contribution < -0.4 is 4.74 Å². The van der Waals surface area contributed by atoms with E-state index in [0.717, 1.165) is 6.07 Å². The van der Waals surface area contributed by atoms with Crippen LogP contribution in [0.3, 0.4) is 0 Å². The summed E-state index contributed by atoms with van der Waals surface area (Å²) in [4.78, 5) is 15.1. The average Bonchev–Trinajstić information content (AvgIpc) is 3.31. The summed E-state index contributed by atoms with van der Waals surface area (Å²) in [5.41, 5.74) is 2.14. The molecule has 0 saturated carbocycles. The molecule has 0 aliphatic carbocycles. The molecule has 142 valence electrons. The molecule has 0 amide bonds. The van der Waals surface area contributed by atoms with Crippen molar-refractivity contribution in [3.63, 3.8) is 0 Å². The SMILES string of the molecule is Cc1coc2c(-c3ccc(OCc4nc(C(=O)Cl)cs4)cc3)cc(F)c(F)c12. The van der Waals surface area contributed by atoms with Crippen LogP contribution in [0.1, 0.15) is 21.1 Å². The van der Waals surface area contributed by atoms with E-state index in [-0.39, 0.29) is 17.7 Å². The first-order chi connectivity index (χ1) is 13.4. The van der Waals surface area contributed by atoms with E-state index in [1.807, 2.05) is 0 Å². The van der Waals surface area contributed by atoms with Crippen LogP contribution >= 0.6 is 22.9 Å². The number of rotatable bonds is 5. The molecule has 0 spiro atoms. The fourth-order valence-corrected chi connectivity index (χ4v) is 3.69. The third-order valence-corrected chi connectivity index (χ3v) is 5.22. The lowest BCUT2D eigenvalue weighted by molar-refractivity contribution is 0.107. The zero-order chi connectivity index (χ0) is 19.8. The summed E-state index contributed by atoms with van der Waals surface area (Å²) >= 11 is 6.65. The van der Waals surface area contributed by atoms with Crippen molar-refractivity contribution >= 4 is 39.1 Å². The zero-order valence-electron chi connectivity index (χ0n) is 14.5. The lowest BCUT2D eigenvalue weighted by Gasteiger charge is -2.08. The first-order valence-electron chi connectivity index (χ1n) is 8.17. The van der Waals surface area contributed by atoms with Crippen molar-refractivity contribution in [2.45, 2.75) is 13.5 Å². The highest BCUT2D eigenvalue weighted by Gasteiger charge is 2.18. The van der Waals surface area contributed by atoms with Crippen LogP contribution in [0.4, 0.5) is 8.78 Å². The minimum Gasteiger partial charge on any atom is -0.486 e. The van der Waals surface area contributed by atoms with E-state index >= 15 is 0 Å². The molecule has 2 aromatic carbocycles. The molecule has 28 heavy (non-hydrogen) atoms. The number of nitrogens with zero attached hydrogens (tertiary/aromatic N) is 1. The highest BCUT2D eigenvalue weighted by atomic mass is 35.5. The average molecular weight is 420 g/mol. The number of benzene rings is 2. The van der Waals surface area contributed by atoms with Crippen molar-refractivity contribution in [2.75, 3.05) is 0 Å². The molecule has 8 heteroatoms. The Kier molecular flexibility index (Phi) is 4.87. The van der Waals surface area contributed by atoms with Crippen molar-refractivity contribution in [2.24, 2.45) is 0 Å². The van der Waals surface area contributed by atoms with E-state index in [1.54, 1.807) is 36.6 Å². The Morgan fingerprint density at radius 1 is 1.29 bits per heavy atom. The van der Waals surface area contributed by atoms with Crippen LogP contribution in [0.2, 0.25) is 0 Å². The van der Waals surface area contributed by atoms with Gasteiger partial charge < -0.3 is 9.15 Å². The van der Waals surface area contributed by atoms with Gasteiger partial charge in [-0.05, 0) is 47.9 Å². The molecule has 4 aromatic rings. The fraction of sp³-hybridized carbons (Fsp3) is 0.100. The van der Waals surface area contributed by atoms with Gasteiger partial charge in [-0.15, -0.1) is 11.3 Å². The van der Waals surface area contributed by atoms with E-state index in [4.69, 9.17) is 20.8 Å². The van der Waals surface area contributed by atoms with Gasteiger partial charge in [0.2, 0.25) is 0 Å². The molecular formula is C20H12ClF2NO3S. The number of halogens is 3. The van der Waals surface area contributed by atoms with Gasteiger partial charge in [-0.2, -0.15) is 0 Å². The van der Waals surface area contributed by atoms with Gasteiger partial charge >= 0.3 is 0 Å². The molecule has 0 radical (unpaired) electrons. The smallest absolute Gasteiger partial charge is 0.271 e.